The largest absolute Gasteiger partial charge is 0.399 e. The van der Waals surface area contributed by atoms with E-state index in [-0.39, 0.29) is 0 Å². The van der Waals surface area contributed by atoms with Gasteiger partial charge < -0.3 is 19.9 Å². The van der Waals surface area contributed by atoms with Gasteiger partial charge >= 0.3 is 9.28 Å². The van der Waals surface area contributed by atoms with E-state index in [4.69, 9.17) is 14.6 Å². The molecule has 0 aromatic heterocycles. The SMILES string of the molecule is CO[Si](CNCCN)OC. The Bertz CT molecular complexity index is 70.7. The van der Waals surface area contributed by atoms with Crippen molar-refractivity contribution in [2.45, 2.75) is 0 Å². The van der Waals surface area contributed by atoms with E-state index in [2.05, 4.69) is 5.32 Å². The van der Waals surface area contributed by atoms with Crippen LogP contribution in [0.3, 0.4) is 0 Å². The molecule has 1 radical (unpaired) electrons. The minimum Gasteiger partial charge on any atom is -0.396 e. The van der Waals surface area contributed by atoms with Crippen LogP contribution in [-0.4, -0.2) is 42.8 Å². The van der Waals surface area contributed by atoms with Gasteiger partial charge in [0.25, 0.3) is 0 Å². The van der Waals surface area contributed by atoms with Gasteiger partial charge in [0.05, 0.1) is 0 Å². The highest BCUT2D eigenvalue weighted by Gasteiger charge is 2.09. The molecular formula is C5H15N2O2Si. The lowest BCUT2D eigenvalue weighted by Gasteiger charge is -2.08. The summed E-state index contributed by atoms with van der Waals surface area (Å²) in [4.78, 5) is 0. The normalized spacial score (nSPS) is 10.8. The lowest BCUT2D eigenvalue weighted by atomic mass is 10.7. The van der Waals surface area contributed by atoms with Gasteiger partial charge in [0.15, 0.2) is 0 Å². The van der Waals surface area contributed by atoms with Crippen molar-refractivity contribution in [1.82, 2.24) is 5.32 Å². The quantitative estimate of drug-likeness (QED) is 0.384. The molecular weight excluding hydrogens is 148 g/mol. The summed E-state index contributed by atoms with van der Waals surface area (Å²) in [5, 5.41) is 3.11. The Labute approximate surface area is 63.5 Å². The highest BCUT2D eigenvalue weighted by molar-refractivity contribution is 6.44. The summed E-state index contributed by atoms with van der Waals surface area (Å²) >= 11 is 0. The van der Waals surface area contributed by atoms with Crippen LogP contribution in [0.15, 0.2) is 0 Å². The Morgan fingerprint density at radius 2 is 2.00 bits per heavy atom. The molecule has 0 saturated carbocycles. The van der Waals surface area contributed by atoms with Crippen molar-refractivity contribution in [3.63, 3.8) is 0 Å². The highest BCUT2D eigenvalue weighted by Crippen LogP contribution is 1.80. The standard InChI is InChI=1S/C5H15N2O2Si/c1-8-10(9-2)5-7-4-3-6/h7H,3-6H2,1-2H3. The molecule has 0 rings (SSSR count). The van der Waals surface area contributed by atoms with E-state index in [1.54, 1.807) is 14.2 Å². The Morgan fingerprint density at radius 1 is 1.40 bits per heavy atom. The van der Waals surface area contributed by atoms with Crippen LogP contribution in [0.4, 0.5) is 0 Å². The van der Waals surface area contributed by atoms with Gasteiger partial charge in [0.2, 0.25) is 0 Å². The zero-order valence-electron chi connectivity index (χ0n) is 6.52. The molecule has 4 nitrogen and oxygen atoms in total. The van der Waals surface area contributed by atoms with Crippen molar-refractivity contribution in [3.8, 4) is 0 Å². The molecule has 0 aliphatic heterocycles. The van der Waals surface area contributed by atoms with E-state index in [1.807, 2.05) is 0 Å². The number of nitrogens with one attached hydrogen (secondary N) is 1. The zero-order valence-corrected chi connectivity index (χ0v) is 7.52. The Balaban J connectivity index is 3.09. The second-order valence-electron chi connectivity index (χ2n) is 1.75. The van der Waals surface area contributed by atoms with Crippen molar-refractivity contribution < 1.29 is 8.85 Å². The van der Waals surface area contributed by atoms with Crippen LogP contribution in [0.1, 0.15) is 0 Å². The molecule has 0 saturated heterocycles. The van der Waals surface area contributed by atoms with Crippen molar-refractivity contribution >= 4 is 9.28 Å². The van der Waals surface area contributed by atoms with E-state index in [9.17, 15) is 0 Å². The molecule has 0 bridgehead atoms. The molecule has 10 heavy (non-hydrogen) atoms. The molecule has 0 heterocycles. The number of rotatable bonds is 6. The molecule has 0 spiro atoms. The Hall–Kier alpha value is 0.0569. The van der Waals surface area contributed by atoms with Gasteiger partial charge in [-0.3, -0.25) is 0 Å². The van der Waals surface area contributed by atoms with Crippen molar-refractivity contribution in [2.24, 2.45) is 5.73 Å². The first-order valence-corrected chi connectivity index (χ1v) is 4.72. The fourth-order valence-electron chi connectivity index (χ4n) is 0.520. The molecule has 0 unspecified atom stereocenters. The van der Waals surface area contributed by atoms with Crippen LogP contribution in [0.2, 0.25) is 0 Å². The summed E-state index contributed by atoms with van der Waals surface area (Å²) in [7, 11) is 2.25. The molecule has 3 N–H and O–H groups in total. The van der Waals surface area contributed by atoms with Gasteiger partial charge in [-0.25, -0.2) is 0 Å². The van der Waals surface area contributed by atoms with Gasteiger partial charge in [-0.05, 0) is 0 Å². The first-order chi connectivity index (χ1) is 4.85. The maximum absolute atomic E-state index is 5.26. The minimum absolute atomic E-state index is 0.655. The van der Waals surface area contributed by atoms with Crippen LogP contribution in [-0.2, 0) is 8.85 Å². The lowest BCUT2D eigenvalue weighted by Crippen LogP contribution is -2.36. The van der Waals surface area contributed by atoms with Crippen LogP contribution < -0.4 is 11.1 Å². The van der Waals surface area contributed by atoms with E-state index in [0.717, 1.165) is 12.7 Å². The summed E-state index contributed by atoms with van der Waals surface area (Å²) in [5.41, 5.74) is 5.26. The highest BCUT2D eigenvalue weighted by atomic mass is 28.3. The van der Waals surface area contributed by atoms with E-state index < -0.39 is 9.28 Å². The second kappa shape index (κ2) is 7.17. The third-order valence-electron chi connectivity index (χ3n) is 1.05. The lowest BCUT2D eigenvalue weighted by molar-refractivity contribution is 0.275. The predicted octanol–water partition coefficient (Wildman–Crippen LogP) is -1.15. The summed E-state index contributed by atoms with van der Waals surface area (Å²) in [6, 6.07) is 0. The fraction of sp³-hybridized carbons (Fsp3) is 1.00. The maximum atomic E-state index is 5.26. The first-order valence-electron chi connectivity index (χ1n) is 3.19. The van der Waals surface area contributed by atoms with Gasteiger partial charge in [-0.2, -0.15) is 0 Å². The molecule has 0 amide bonds. The number of nitrogens with two attached hydrogens (primary N) is 1. The van der Waals surface area contributed by atoms with Gasteiger partial charge in [-0.15, -0.1) is 0 Å². The van der Waals surface area contributed by atoms with Crippen LogP contribution in [0.5, 0.6) is 0 Å². The molecule has 5 heteroatoms. The van der Waals surface area contributed by atoms with E-state index >= 15 is 0 Å². The predicted molar refractivity (Wildman–Crippen MR) is 41.7 cm³/mol. The van der Waals surface area contributed by atoms with E-state index in [1.165, 1.54) is 0 Å². The smallest absolute Gasteiger partial charge is 0.396 e. The maximum Gasteiger partial charge on any atom is 0.399 e. The molecule has 0 aromatic carbocycles. The fourth-order valence-corrected chi connectivity index (χ4v) is 1.36. The van der Waals surface area contributed by atoms with Crippen molar-refractivity contribution in [1.29, 1.82) is 0 Å². The van der Waals surface area contributed by atoms with Gasteiger partial charge in [0, 0.05) is 33.5 Å². The monoisotopic (exact) mass is 163 g/mol. The van der Waals surface area contributed by atoms with Crippen molar-refractivity contribution in [3.05, 3.63) is 0 Å². The average Bonchev–Trinajstić information content (AvgIpc) is 1.99. The van der Waals surface area contributed by atoms with Crippen LogP contribution in [0.25, 0.3) is 0 Å². The topological polar surface area (TPSA) is 56.5 Å². The van der Waals surface area contributed by atoms with E-state index in [0.29, 0.717) is 6.54 Å². The number of hydrogen-bond donors (Lipinski definition) is 2. The first kappa shape index (κ1) is 10.1. The molecule has 61 valence electrons. The zero-order chi connectivity index (χ0) is 7.82. The Kier molecular flexibility index (Phi) is 7.21. The molecule has 0 atom stereocenters. The van der Waals surface area contributed by atoms with Gasteiger partial charge in [0.1, 0.15) is 0 Å². The van der Waals surface area contributed by atoms with Crippen LogP contribution in [0, 0.1) is 0 Å². The molecule has 0 aliphatic rings. The summed E-state index contributed by atoms with van der Waals surface area (Å²) in [6.45, 7) is 1.48. The van der Waals surface area contributed by atoms with Crippen LogP contribution >= 0.6 is 0 Å². The third kappa shape index (κ3) is 4.89. The second-order valence-corrected chi connectivity index (χ2v) is 3.66. The molecule has 0 fully saturated rings. The summed E-state index contributed by atoms with van der Waals surface area (Å²) in [6.07, 6.45) is 0.787. The number of hydrogen-bond acceptors (Lipinski definition) is 4. The molecule has 0 aromatic rings. The summed E-state index contributed by atoms with van der Waals surface area (Å²) < 4.78 is 10.0. The van der Waals surface area contributed by atoms with Gasteiger partial charge in [-0.1, -0.05) is 0 Å². The molecule has 0 aliphatic carbocycles. The Morgan fingerprint density at radius 3 is 2.40 bits per heavy atom. The van der Waals surface area contributed by atoms with Crippen molar-refractivity contribution in [2.75, 3.05) is 33.5 Å². The summed E-state index contributed by atoms with van der Waals surface area (Å²) in [5.74, 6) is 0. The average molecular weight is 163 g/mol. The third-order valence-corrected chi connectivity index (χ3v) is 2.50. The minimum atomic E-state index is -1.06.